The van der Waals surface area contributed by atoms with Crippen LogP contribution in [0.25, 0.3) is 0 Å². The van der Waals surface area contributed by atoms with E-state index in [1.54, 1.807) is 16.2 Å². The largest absolute Gasteiger partial charge is 0.350 e. The Morgan fingerprint density at radius 3 is 2.68 bits per heavy atom. The maximum absolute atomic E-state index is 12.9. The van der Waals surface area contributed by atoms with Gasteiger partial charge in [0.15, 0.2) is 0 Å². The number of likely N-dealkylation sites (tertiary alicyclic amines) is 1. The van der Waals surface area contributed by atoms with E-state index in [-0.39, 0.29) is 36.6 Å². The predicted octanol–water partition coefficient (Wildman–Crippen LogP) is 2.26. The second-order valence-corrected chi connectivity index (χ2v) is 7.90. The van der Waals surface area contributed by atoms with E-state index in [0.29, 0.717) is 26.2 Å². The summed E-state index contributed by atoms with van der Waals surface area (Å²) in [5, 5.41) is 4.81. The highest BCUT2D eigenvalue weighted by molar-refractivity contribution is 7.09. The van der Waals surface area contributed by atoms with Crippen molar-refractivity contribution in [2.45, 2.75) is 26.4 Å². The van der Waals surface area contributed by atoms with E-state index in [2.05, 4.69) is 5.32 Å². The summed E-state index contributed by atoms with van der Waals surface area (Å²) in [6.07, 6.45) is 0.207. The van der Waals surface area contributed by atoms with Crippen LogP contribution < -0.4 is 5.32 Å². The molecule has 3 amide bonds. The average Bonchev–Trinajstić information content (AvgIpc) is 3.35. The van der Waals surface area contributed by atoms with Gasteiger partial charge >= 0.3 is 0 Å². The van der Waals surface area contributed by atoms with Crippen molar-refractivity contribution in [2.75, 3.05) is 19.6 Å². The zero-order valence-corrected chi connectivity index (χ0v) is 16.8. The van der Waals surface area contributed by atoms with Crippen molar-refractivity contribution in [2.24, 2.45) is 5.92 Å². The highest BCUT2D eigenvalue weighted by Gasteiger charge is 2.36. The summed E-state index contributed by atoms with van der Waals surface area (Å²) in [6, 6.07) is 13.6. The SMILES string of the molecule is CCN(CC(=O)NCc1cccs1)C(=O)C1CC(=O)N(Cc2ccccc2)C1. The van der Waals surface area contributed by atoms with Gasteiger partial charge in [-0.1, -0.05) is 36.4 Å². The lowest BCUT2D eigenvalue weighted by atomic mass is 10.1. The Hall–Kier alpha value is -2.67. The molecule has 7 heteroatoms. The molecular formula is C21H25N3O3S. The van der Waals surface area contributed by atoms with Gasteiger partial charge in [0.25, 0.3) is 0 Å². The fraction of sp³-hybridized carbons (Fsp3) is 0.381. The van der Waals surface area contributed by atoms with Crippen molar-refractivity contribution in [1.29, 1.82) is 0 Å². The summed E-state index contributed by atoms with van der Waals surface area (Å²) < 4.78 is 0. The van der Waals surface area contributed by atoms with Crippen LogP contribution in [0.3, 0.4) is 0 Å². The van der Waals surface area contributed by atoms with Crippen LogP contribution in [0.15, 0.2) is 47.8 Å². The molecule has 1 aliphatic rings. The minimum atomic E-state index is -0.388. The highest BCUT2D eigenvalue weighted by Crippen LogP contribution is 2.22. The molecule has 1 aliphatic heterocycles. The lowest BCUT2D eigenvalue weighted by Gasteiger charge is -2.24. The fourth-order valence-corrected chi connectivity index (χ4v) is 3.97. The quantitative estimate of drug-likeness (QED) is 0.740. The third-order valence-corrected chi connectivity index (χ3v) is 5.72. The third-order valence-electron chi connectivity index (χ3n) is 4.85. The van der Waals surface area contributed by atoms with Crippen LogP contribution in [0.4, 0.5) is 0 Å². The predicted molar refractivity (Wildman–Crippen MR) is 108 cm³/mol. The van der Waals surface area contributed by atoms with E-state index < -0.39 is 0 Å². The van der Waals surface area contributed by atoms with E-state index in [9.17, 15) is 14.4 Å². The van der Waals surface area contributed by atoms with Gasteiger partial charge in [-0.05, 0) is 23.9 Å². The molecule has 1 saturated heterocycles. The first kappa shape index (κ1) is 20.1. The fourth-order valence-electron chi connectivity index (χ4n) is 3.33. The summed E-state index contributed by atoms with van der Waals surface area (Å²) in [4.78, 5) is 41.7. The number of rotatable bonds is 8. The lowest BCUT2D eigenvalue weighted by molar-refractivity contribution is -0.139. The van der Waals surface area contributed by atoms with E-state index in [1.165, 1.54) is 4.90 Å². The Morgan fingerprint density at radius 2 is 2.00 bits per heavy atom. The first-order chi connectivity index (χ1) is 13.6. The highest BCUT2D eigenvalue weighted by atomic mass is 32.1. The molecular weight excluding hydrogens is 374 g/mol. The molecule has 0 aliphatic carbocycles. The van der Waals surface area contributed by atoms with Gasteiger partial charge in [-0.15, -0.1) is 11.3 Å². The monoisotopic (exact) mass is 399 g/mol. The molecule has 148 valence electrons. The van der Waals surface area contributed by atoms with Crippen molar-refractivity contribution in [3.8, 4) is 0 Å². The van der Waals surface area contributed by atoms with Gasteiger partial charge < -0.3 is 15.1 Å². The molecule has 1 unspecified atom stereocenters. The normalized spacial score (nSPS) is 16.2. The molecule has 1 aromatic carbocycles. The van der Waals surface area contributed by atoms with Gasteiger partial charge in [0.05, 0.1) is 19.0 Å². The first-order valence-electron chi connectivity index (χ1n) is 9.46. The molecule has 0 radical (unpaired) electrons. The van der Waals surface area contributed by atoms with Gasteiger partial charge in [0, 0.05) is 30.9 Å². The summed E-state index contributed by atoms with van der Waals surface area (Å²) >= 11 is 1.58. The third kappa shape index (κ3) is 5.19. The van der Waals surface area contributed by atoms with Crippen LogP contribution in [0.1, 0.15) is 23.8 Å². The van der Waals surface area contributed by atoms with E-state index in [0.717, 1.165) is 10.4 Å². The topological polar surface area (TPSA) is 69.7 Å². The Balaban J connectivity index is 1.52. The first-order valence-corrected chi connectivity index (χ1v) is 10.3. The number of amides is 3. The average molecular weight is 400 g/mol. The number of likely N-dealkylation sites (N-methyl/N-ethyl adjacent to an activating group) is 1. The summed E-state index contributed by atoms with van der Waals surface area (Å²) in [5.74, 6) is -0.714. The number of thiophene rings is 1. The van der Waals surface area contributed by atoms with Gasteiger partial charge in [0.1, 0.15) is 0 Å². The molecule has 0 bridgehead atoms. The van der Waals surface area contributed by atoms with E-state index >= 15 is 0 Å². The van der Waals surface area contributed by atoms with Crippen LogP contribution in [-0.2, 0) is 27.5 Å². The molecule has 1 fully saturated rings. The van der Waals surface area contributed by atoms with Crippen molar-refractivity contribution in [3.63, 3.8) is 0 Å². The maximum Gasteiger partial charge on any atom is 0.239 e. The number of nitrogens with one attached hydrogen (secondary N) is 1. The van der Waals surface area contributed by atoms with Crippen LogP contribution in [-0.4, -0.2) is 47.2 Å². The van der Waals surface area contributed by atoms with E-state index in [4.69, 9.17) is 0 Å². The Labute approximate surface area is 169 Å². The molecule has 1 aromatic heterocycles. The molecule has 2 heterocycles. The number of carbonyl (C=O) groups is 3. The van der Waals surface area contributed by atoms with Crippen molar-refractivity contribution in [3.05, 3.63) is 58.3 Å². The number of benzene rings is 1. The second kappa shape index (κ2) is 9.50. The number of hydrogen-bond donors (Lipinski definition) is 1. The van der Waals surface area contributed by atoms with Crippen molar-refractivity contribution < 1.29 is 14.4 Å². The number of nitrogens with zero attached hydrogens (tertiary/aromatic N) is 2. The summed E-state index contributed by atoms with van der Waals surface area (Å²) in [5.41, 5.74) is 1.05. The smallest absolute Gasteiger partial charge is 0.239 e. The van der Waals surface area contributed by atoms with Crippen LogP contribution in [0.2, 0.25) is 0 Å². The zero-order valence-electron chi connectivity index (χ0n) is 16.0. The molecule has 2 aromatic rings. The Morgan fingerprint density at radius 1 is 1.21 bits per heavy atom. The van der Waals surface area contributed by atoms with Crippen molar-refractivity contribution in [1.82, 2.24) is 15.1 Å². The molecule has 6 nitrogen and oxygen atoms in total. The minimum Gasteiger partial charge on any atom is -0.350 e. The Kier molecular flexibility index (Phi) is 6.81. The zero-order chi connectivity index (χ0) is 19.9. The van der Waals surface area contributed by atoms with E-state index in [1.807, 2.05) is 54.8 Å². The molecule has 28 heavy (non-hydrogen) atoms. The van der Waals surface area contributed by atoms with Gasteiger partial charge in [-0.2, -0.15) is 0 Å². The molecule has 0 spiro atoms. The van der Waals surface area contributed by atoms with Crippen LogP contribution in [0.5, 0.6) is 0 Å². The molecule has 0 saturated carbocycles. The number of carbonyl (C=O) groups excluding carboxylic acids is 3. The van der Waals surface area contributed by atoms with Crippen LogP contribution in [0, 0.1) is 5.92 Å². The second-order valence-electron chi connectivity index (χ2n) is 6.87. The standard InChI is InChI=1S/C21H25N3O3S/c1-2-23(15-19(25)22-12-18-9-6-10-28-18)21(27)17-11-20(26)24(14-17)13-16-7-4-3-5-8-16/h3-10,17H,2,11-15H2,1H3,(H,22,25). The maximum atomic E-state index is 12.9. The van der Waals surface area contributed by atoms with Gasteiger partial charge in [-0.25, -0.2) is 0 Å². The summed E-state index contributed by atoms with van der Waals surface area (Å²) in [7, 11) is 0. The minimum absolute atomic E-state index is 0.0135. The molecule has 3 rings (SSSR count). The van der Waals surface area contributed by atoms with Crippen LogP contribution >= 0.6 is 11.3 Å². The molecule has 1 atom stereocenters. The summed E-state index contributed by atoms with van der Waals surface area (Å²) in [6.45, 7) is 3.69. The van der Waals surface area contributed by atoms with Gasteiger partial charge in [-0.3, -0.25) is 14.4 Å². The van der Waals surface area contributed by atoms with Crippen molar-refractivity contribution >= 4 is 29.1 Å². The Bertz CT molecular complexity index is 808. The molecule has 1 N–H and O–H groups in total. The lowest BCUT2D eigenvalue weighted by Crippen LogP contribution is -2.43. The number of hydrogen-bond acceptors (Lipinski definition) is 4. The van der Waals surface area contributed by atoms with Gasteiger partial charge in [0.2, 0.25) is 17.7 Å².